The molecule has 27 heavy (non-hydrogen) atoms. The lowest BCUT2D eigenvalue weighted by Gasteiger charge is -2.35. The summed E-state index contributed by atoms with van der Waals surface area (Å²) in [4.78, 5) is 12.8. The third kappa shape index (κ3) is 4.32. The van der Waals surface area contributed by atoms with Crippen molar-refractivity contribution >= 4 is 27.5 Å². The van der Waals surface area contributed by atoms with Crippen LogP contribution in [0.1, 0.15) is 11.1 Å². The number of ether oxygens (including phenoxy) is 1. The minimum atomic E-state index is -3.86. The standard InChI is InChI=1S/C19H21ClN2O4S/c1-26-11-10-21-19(23)18-12-14-4-2-3-5-15(14)13-22(18)27(24,25)17-8-6-16(20)7-9-17/h2-9,18H,10-13H2,1H3,(H,21,23). The van der Waals surface area contributed by atoms with Crippen molar-refractivity contribution < 1.29 is 17.9 Å². The molecule has 0 aromatic heterocycles. The van der Waals surface area contributed by atoms with Crippen molar-refractivity contribution in [3.05, 3.63) is 64.7 Å². The highest BCUT2D eigenvalue weighted by atomic mass is 35.5. The summed E-state index contributed by atoms with van der Waals surface area (Å²) >= 11 is 5.88. The number of carbonyl (C=O) groups is 1. The van der Waals surface area contributed by atoms with E-state index in [1.807, 2.05) is 24.3 Å². The summed E-state index contributed by atoms with van der Waals surface area (Å²) in [5.74, 6) is -0.334. The average Bonchev–Trinajstić information content (AvgIpc) is 2.67. The Kier molecular flexibility index (Phi) is 6.16. The van der Waals surface area contributed by atoms with Gasteiger partial charge < -0.3 is 10.1 Å². The molecule has 2 aromatic rings. The molecule has 2 aromatic carbocycles. The fraction of sp³-hybridized carbons (Fsp3) is 0.316. The third-order valence-corrected chi connectivity index (χ3v) is 6.65. The molecule has 144 valence electrons. The van der Waals surface area contributed by atoms with Crippen LogP contribution in [0.25, 0.3) is 0 Å². The predicted molar refractivity (Wildman–Crippen MR) is 103 cm³/mol. The number of carbonyl (C=O) groups excluding carboxylic acids is 1. The minimum absolute atomic E-state index is 0.112. The first-order chi connectivity index (χ1) is 12.9. The molecule has 3 rings (SSSR count). The highest BCUT2D eigenvalue weighted by molar-refractivity contribution is 7.89. The van der Waals surface area contributed by atoms with Crippen molar-refractivity contribution in [2.45, 2.75) is 23.9 Å². The number of amides is 1. The van der Waals surface area contributed by atoms with Gasteiger partial charge in [0.1, 0.15) is 6.04 Å². The lowest BCUT2D eigenvalue weighted by molar-refractivity contribution is -0.125. The Hall–Kier alpha value is -1.93. The molecule has 1 unspecified atom stereocenters. The van der Waals surface area contributed by atoms with Crippen LogP contribution in [0.2, 0.25) is 5.02 Å². The van der Waals surface area contributed by atoms with Crippen LogP contribution in [0.3, 0.4) is 0 Å². The molecule has 6 nitrogen and oxygen atoms in total. The van der Waals surface area contributed by atoms with Gasteiger partial charge in [-0.25, -0.2) is 8.42 Å². The molecule has 8 heteroatoms. The maximum absolute atomic E-state index is 13.2. The molecule has 0 saturated carbocycles. The number of fused-ring (bicyclic) bond motifs is 1. The highest BCUT2D eigenvalue weighted by Gasteiger charge is 2.39. The van der Waals surface area contributed by atoms with E-state index in [0.29, 0.717) is 24.6 Å². The van der Waals surface area contributed by atoms with Crippen LogP contribution < -0.4 is 5.32 Å². The SMILES string of the molecule is COCCNC(=O)C1Cc2ccccc2CN1S(=O)(=O)c1ccc(Cl)cc1. The van der Waals surface area contributed by atoms with Gasteiger partial charge in [0, 0.05) is 25.2 Å². The second kappa shape index (κ2) is 8.39. The lowest BCUT2D eigenvalue weighted by Crippen LogP contribution is -2.52. The Labute approximate surface area is 164 Å². The van der Waals surface area contributed by atoms with Crippen molar-refractivity contribution in [2.24, 2.45) is 0 Å². The van der Waals surface area contributed by atoms with E-state index in [0.717, 1.165) is 11.1 Å². The second-order valence-electron chi connectivity index (χ2n) is 6.28. The maximum Gasteiger partial charge on any atom is 0.244 e. The minimum Gasteiger partial charge on any atom is -0.383 e. The number of sulfonamides is 1. The van der Waals surface area contributed by atoms with Gasteiger partial charge in [-0.1, -0.05) is 35.9 Å². The summed E-state index contributed by atoms with van der Waals surface area (Å²) in [6, 6.07) is 12.7. The van der Waals surface area contributed by atoms with E-state index in [2.05, 4.69) is 5.32 Å². The van der Waals surface area contributed by atoms with Crippen molar-refractivity contribution in [1.29, 1.82) is 0 Å². The zero-order valence-electron chi connectivity index (χ0n) is 14.9. The second-order valence-corrected chi connectivity index (χ2v) is 8.60. The topological polar surface area (TPSA) is 75.7 Å². The fourth-order valence-corrected chi connectivity index (χ4v) is 4.80. The van der Waals surface area contributed by atoms with E-state index in [1.54, 1.807) is 7.11 Å². The van der Waals surface area contributed by atoms with Gasteiger partial charge in [-0.05, 0) is 41.8 Å². The van der Waals surface area contributed by atoms with E-state index in [-0.39, 0.29) is 17.3 Å². The highest BCUT2D eigenvalue weighted by Crippen LogP contribution is 2.29. The Morgan fingerprint density at radius 1 is 1.19 bits per heavy atom. The zero-order valence-corrected chi connectivity index (χ0v) is 16.5. The Balaban J connectivity index is 1.95. The molecule has 1 N–H and O–H groups in total. The largest absolute Gasteiger partial charge is 0.383 e. The van der Waals surface area contributed by atoms with Gasteiger partial charge in [0.25, 0.3) is 0 Å². The summed E-state index contributed by atoms with van der Waals surface area (Å²) < 4.78 is 32.7. The average molecular weight is 409 g/mol. The van der Waals surface area contributed by atoms with Gasteiger partial charge in [0.15, 0.2) is 0 Å². The number of halogens is 1. The lowest BCUT2D eigenvalue weighted by atomic mass is 9.95. The molecular formula is C19H21ClN2O4S. The molecule has 0 saturated heterocycles. The quantitative estimate of drug-likeness (QED) is 0.743. The summed E-state index contributed by atoms with van der Waals surface area (Å²) in [6.07, 6.45) is 0.321. The van der Waals surface area contributed by atoms with Gasteiger partial charge in [-0.2, -0.15) is 4.31 Å². The van der Waals surface area contributed by atoms with E-state index in [9.17, 15) is 13.2 Å². The normalized spacial score (nSPS) is 17.3. The van der Waals surface area contributed by atoms with Crippen LogP contribution in [0.4, 0.5) is 0 Å². The third-order valence-electron chi connectivity index (χ3n) is 4.53. The number of hydrogen-bond donors (Lipinski definition) is 1. The smallest absolute Gasteiger partial charge is 0.244 e. The number of nitrogens with one attached hydrogen (secondary N) is 1. The van der Waals surface area contributed by atoms with Crippen LogP contribution in [0.15, 0.2) is 53.4 Å². The molecule has 1 aliphatic rings. The van der Waals surface area contributed by atoms with E-state index in [4.69, 9.17) is 16.3 Å². The van der Waals surface area contributed by atoms with Crippen LogP contribution in [-0.2, 0) is 32.5 Å². The number of methoxy groups -OCH3 is 1. The van der Waals surface area contributed by atoms with Gasteiger partial charge in [0.2, 0.25) is 15.9 Å². The van der Waals surface area contributed by atoms with Gasteiger partial charge >= 0.3 is 0 Å². The summed E-state index contributed by atoms with van der Waals surface area (Å²) in [7, 11) is -2.32. The summed E-state index contributed by atoms with van der Waals surface area (Å²) in [5.41, 5.74) is 1.88. The number of hydrogen-bond acceptors (Lipinski definition) is 4. The van der Waals surface area contributed by atoms with Gasteiger partial charge in [-0.3, -0.25) is 4.79 Å². The maximum atomic E-state index is 13.2. The Bertz CT molecular complexity index is 916. The van der Waals surface area contributed by atoms with Crippen LogP contribution in [-0.4, -0.2) is 44.9 Å². The van der Waals surface area contributed by atoms with E-state index >= 15 is 0 Å². The molecular weight excluding hydrogens is 388 g/mol. The number of benzene rings is 2. The van der Waals surface area contributed by atoms with Gasteiger partial charge in [0.05, 0.1) is 11.5 Å². The summed E-state index contributed by atoms with van der Waals surface area (Å²) in [5, 5.41) is 3.21. The molecule has 0 radical (unpaired) electrons. The monoisotopic (exact) mass is 408 g/mol. The summed E-state index contributed by atoms with van der Waals surface area (Å²) in [6.45, 7) is 0.824. The number of rotatable bonds is 6. The predicted octanol–water partition coefficient (Wildman–Crippen LogP) is 2.22. The van der Waals surface area contributed by atoms with Crippen molar-refractivity contribution in [2.75, 3.05) is 20.3 Å². The van der Waals surface area contributed by atoms with Crippen LogP contribution in [0, 0.1) is 0 Å². The molecule has 0 aliphatic carbocycles. The van der Waals surface area contributed by atoms with E-state index in [1.165, 1.54) is 28.6 Å². The number of nitrogens with zero attached hydrogens (tertiary/aromatic N) is 1. The van der Waals surface area contributed by atoms with Crippen LogP contribution >= 0.6 is 11.6 Å². The fourth-order valence-electron chi connectivity index (χ4n) is 3.11. The zero-order chi connectivity index (χ0) is 19.4. The molecule has 1 heterocycles. The van der Waals surface area contributed by atoms with Gasteiger partial charge in [-0.15, -0.1) is 0 Å². The van der Waals surface area contributed by atoms with Crippen molar-refractivity contribution in [1.82, 2.24) is 9.62 Å². The molecule has 0 fully saturated rings. The first kappa shape index (κ1) is 19.8. The molecule has 1 aliphatic heterocycles. The van der Waals surface area contributed by atoms with Crippen LogP contribution in [0.5, 0.6) is 0 Å². The molecule has 0 bridgehead atoms. The van der Waals surface area contributed by atoms with Crippen molar-refractivity contribution in [3.8, 4) is 0 Å². The molecule has 1 atom stereocenters. The van der Waals surface area contributed by atoms with Crippen molar-refractivity contribution in [3.63, 3.8) is 0 Å². The first-order valence-corrected chi connectivity index (χ1v) is 10.4. The molecule has 0 spiro atoms. The molecule has 1 amide bonds. The van der Waals surface area contributed by atoms with E-state index < -0.39 is 16.1 Å². The Morgan fingerprint density at radius 3 is 2.52 bits per heavy atom. The first-order valence-electron chi connectivity index (χ1n) is 8.54. The Morgan fingerprint density at radius 2 is 1.85 bits per heavy atom.